The highest BCUT2D eigenvalue weighted by molar-refractivity contribution is 7.99. The average molecular weight is 311 g/mol. The summed E-state index contributed by atoms with van der Waals surface area (Å²) in [6.45, 7) is 4.37. The van der Waals surface area contributed by atoms with Gasteiger partial charge in [0, 0.05) is 25.7 Å². The number of rotatable bonds is 5. The maximum Gasteiger partial charge on any atom is 0.220 e. The van der Waals surface area contributed by atoms with E-state index in [1.807, 2.05) is 37.3 Å². The van der Waals surface area contributed by atoms with Crippen LogP contribution in [-0.4, -0.2) is 44.4 Å². The van der Waals surface area contributed by atoms with Crippen LogP contribution in [0, 0.1) is 13.8 Å². The lowest BCUT2D eigenvalue weighted by atomic mass is 9.97. The number of amides is 1. The zero-order valence-electron chi connectivity index (χ0n) is 13.1. The fraction of sp³-hybridized carbons (Fsp3) is 0.733. The van der Waals surface area contributed by atoms with Crippen LogP contribution in [0.1, 0.15) is 36.2 Å². The SMILES string of the molecule is Cc1nn(C)c(C)c1CCC(=O)NCC1(O)CCSCC1. The molecule has 1 fully saturated rings. The Kier molecular flexibility index (Phi) is 5.32. The van der Waals surface area contributed by atoms with E-state index in [0.717, 1.165) is 41.3 Å². The number of thioether (sulfide) groups is 1. The molecule has 0 unspecified atom stereocenters. The van der Waals surface area contributed by atoms with Gasteiger partial charge in [-0.1, -0.05) is 0 Å². The molecule has 5 nitrogen and oxygen atoms in total. The highest BCUT2D eigenvalue weighted by Gasteiger charge is 2.29. The van der Waals surface area contributed by atoms with Crippen molar-refractivity contribution in [3.63, 3.8) is 0 Å². The van der Waals surface area contributed by atoms with Crippen LogP contribution in [-0.2, 0) is 18.3 Å². The van der Waals surface area contributed by atoms with Gasteiger partial charge in [0.15, 0.2) is 0 Å². The molecule has 1 aromatic heterocycles. The quantitative estimate of drug-likeness (QED) is 0.861. The first kappa shape index (κ1) is 16.4. The summed E-state index contributed by atoms with van der Waals surface area (Å²) in [7, 11) is 1.92. The van der Waals surface area contributed by atoms with Crippen LogP contribution in [0.2, 0.25) is 0 Å². The average Bonchev–Trinajstić information content (AvgIpc) is 2.69. The van der Waals surface area contributed by atoms with E-state index in [2.05, 4.69) is 10.4 Å². The number of carbonyl (C=O) groups is 1. The minimum absolute atomic E-state index is 0.00399. The van der Waals surface area contributed by atoms with Crippen molar-refractivity contribution in [1.82, 2.24) is 15.1 Å². The Morgan fingerprint density at radius 2 is 2.10 bits per heavy atom. The molecule has 2 rings (SSSR count). The number of nitrogens with one attached hydrogen (secondary N) is 1. The monoisotopic (exact) mass is 311 g/mol. The molecule has 0 bridgehead atoms. The number of hydrogen-bond donors (Lipinski definition) is 2. The molecule has 6 heteroatoms. The molecule has 0 atom stereocenters. The van der Waals surface area contributed by atoms with Gasteiger partial charge in [0.2, 0.25) is 5.91 Å². The Hall–Kier alpha value is -1.01. The van der Waals surface area contributed by atoms with Crippen molar-refractivity contribution in [2.45, 2.75) is 45.1 Å². The Labute approximate surface area is 130 Å². The normalized spacial score (nSPS) is 17.7. The van der Waals surface area contributed by atoms with E-state index in [0.29, 0.717) is 19.4 Å². The number of aryl methyl sites for hydroxylation is 2. The van der Waals surface area contributed by atoms with Crippen LogP contribution in [0.4, 0.5) is 0 Å². The van der Waals surface area contributed by atoms with Crippen molar-refractivity contribution in [3.05, 3.63) is 17.0 Å². The molecule has 0 saturated carbocycles. The predicted molar refractivity (Wildman–Crippen MR) is 85.5 cm³/mol. The molecule has 21 heavy (non-hydrogen) atoms. The molecule has 1 saturated heterocycles. The molecule has 1 aromatic rings. The third kappa shape index (κ3) is 4.23. The van der Waals surface area contributed by atoms with Crippen molar-refractivity contribution in [2.24, 2.45) is 7.05 Å². The summed E-state index contributed by atoms with van der Waals surface area (Å²) in [5, 5.41) is 17.6. The van der Waals surface area contributed by atoms with Gasteiger partial charge in [-0.2, -0.15) is 16.9 Å². The van der Waals surface area contributed by atoms with E-state index in [-0.39, 0.29) is 5.91 Å². The van der Waals surface area contributed by atoms with Gasteiger partial charge in [0.25, 0.3) is 0 Å². The van der Waals surface area contributed by atoms with E-state index in [9.17, 15) is 9.90 Å². The number of hydrogen-bond acceptors (Lipinski definition) is 4. The van der Waals surface area contributed by atoms with Crippen LogP contribution in [0.5, 0.6) is 0 Å². The summed E-state index contributed by atoms with van der Waals surface area (Å²) in [4.78, 5) is 12.0. The molecule has 2 heterocycles. The van der Waals surface area contributed by atoms with Gasteiger partial charge in [0.1, 0.15) is 0 Å². The van der Waals surface area contributed by atoms with Crippen LogP contribution in [0.3, 0.4) is 0 Å². The standard InChI is InChI=1S/C15H25N3O2S/c1-11-13(12(2)18(3)17-11)4-5-14(19)16-10-15(20)6-8-21-9-7-15/h20H,4-10H2,1-3H3,(H,16,19). The second-order valence-electron chi connectivity index (χ2n) is 5.89. The Morgan fingerprint density at radius 1 is 1.43 bits per heavy atom. The largest absolute Gasteiger partial charge is 0.388 e. The van der Waals surface area contributed by atoms with Crippen LogP contribution < -0.4 is 5.32 Å². The molecule has 1 aliphatic heterocycles. The van der Waals surface area contributed by atoms with E-state index in [1.165, 1.54) is 0 Å². The number of aromatic nitrogens is 2. The second kappa shape index (κ2) is 6.83. The van der Waals surface area contributed by atoms with E-state index in [1.54, 1.807) is 0 Å². The molecular weight excluding hydrogens is 286 g/mol. The Balaban J connectivity index is 1.79. The summed E-state index contributed by atoms with van der Waals surface area (Å²) in [6.07, 6.45) is 2.67. The maximum absolute atomic E-state index is 12.0. The van der Waals surface area contributed by atoms with E-state index in [4.69, 9.17) is 0 Å². The lowest BCUT2D eigenvalue weighted by Crippen LogP contribution is -2.45. The molecule has 2 N–H and O–H groups in total. The highest BCUT2D eigenvalue weighted by atomic mass is 32.2. The van der Waals surface area contributed by atoms with Gasteiger partial charge in [-0.05, 0) is 50.2 Å². The Bertz CT molecular complexity index is 507. The van der Waals surface area contributed by atoms with E-state index < -0.39 is 5.60 Å². The lowest BCUT2D eigenvalue weighted by molar-refractivity contribution is -0.122. The van der Waals surface area contributed by atoms with Gasteiger partial charge in [-0.3, -0.25) is 9.48 Å². The van der Waals surface area contributed by atoms with Gasteiger partial charge >= 0.3 is 0 Å². The number of aliphatic hydroxyl groups is 1. The molecule has 0 aliphatic carbocycles. The second-order valence-corrected chi connectivity index (χ2v) is 7.11. The topological polar surface area (TPSA) is 67.2 Å². The summed E-state index contributed by atoms with van der Waals surface area (Å²) < 4.78 is 1.85. The molecule has 1 aliphatic rings. The zero-order chi connectivity index (χ0) is 15.5. The molecular formula is C15H25N3O2S. The molecule has 118 valence electrons. The van der Waals surface area contributed by atoms with Gasteiger partial charge in [0.05, 0.1) is 11.3 Å². The van der Waals surface area contributed by atoms with Gasteiger partial charge in [-0.15, -0.1) is 0 Å². The van der Waals surface area contributed by atoms with Gasteiger partial charge in [-0.25, -0.2) is 0 Å². The van der Waals surface area contributed by atoms with Crippen LogP contribution in [0.25, 0.3) is 0 Å². The maximum atomic E-state index is 12.0. The molecule has 0 radical (unpaired) electrons. The third-order valence-electron chi connectivity index (χ3n) is 4.30. The van der Waals surface area contributed by atoms with Crippen molar-refractivity contribution in [2.75, 3.05) is 18.1 Å². The highest BCUT2D eigenvalue weighted by Crippen LogP contribution is 2.26. The summed E-state index contributed by atoms with van der Waals surface area (Å²) in [6, 6.07) is 0. The fourth-order valence-electron chi connectivity index (χ4n) is 2.70. The minimum Gasteiger partial charge on any atom is -0.388 e. The number of nitrogens with zero attached hydrogens (tertiary/aromatic N) is 2. The summed E-state index contributed by atoms with van der Waals surface area (Å²) >= 11 is 1.86. The first-order valence-corrected chi connectivity index (χ1v) is 8.63. The summed E-state index contributed by atoms with van der Waals surface area (Å²) in [5.74, 6) is 1.95. The predicted octanol–water partition coefficient (Wildman–Crippen LogP) is 1.34. The van der Waals surface area contributed by atoms with Crippen molar-refractivity contribution >= 4 is 17.7 Å². The fourth-order valence-corrected chi connectivity index (χ4v) is 3.95. The molecule has 1 amide bonds. The van der Waals surface area contributed by atoms with Crippen molar-refractivity contribution in [3.8, 4) is 0 Å². The first-order valence-electron chi connectivity index (χ1n) is 7.47. The smallest absolute Gasteiger partial charge is 0.220 e. The summed E-state index contributed by atoms with van der Waals surface area (Å²) in [5.41, 5.74) is 2.55. The molecule has 0 spiro atoms. The number of carbonyl (C=O) groups excluding carboxylic acids is 1. The van der Waals surface area contributed by atoms with Crippen molar-refractivity contribution in [1.29, 1.82) is 0 Å². The van der Waals surface area contributed by atoms with Crippen LogP contribution >= 0.6 is 11.8 Å². The lowest BCUT2D eigenvalue weighted by Gasteiger charge is -2.31. The molecule has 0 aromatic carbocycles. The van der Waals surface area contributed by atoms with Crippen LogP contribution in [0.15, 0.2) is 0 Å². The first-order chi connectivity index (χ1) is 9.91. The van der Waals surface area contributed by atoms with Crippen molar-refractivity contribution < 1.29 is 9.90 Å². The zero-order valence-corrected chi connectivity index (χ0v) is 13.9. The minimum atomic E-state index is -0.707. The third-order valence-corrected chi connectivity index (χ3v) is 5.28. The van der Waals surface area contributed by atoms with Gasteiger partial charge < -0.3 is 10.4 Å². The Morgan fingerprint density at radius 3 is 2.67 bits per heavy atom. The van der Waals surface area contributed by atoms with E-state index >= 15 is 0 Å².